The summed E-state index contributed by atoms with van der Waals surface area (Å²) in [6.45, 7) is 0.242. The molecule has 0 bridgehead atoms. The molecule has 1 aliphatic rings. The van der Waals surface area contributed by atoms with Crippen molar-refractivity contribution in [3.63, 3.8) is 0 Å². The Balaban J connectivity index is 1.99. The third kappa shape index (κ3) is 4.45. The number of ether oxygens (including phenoxy) is 1. The van der Waals surface area contributed by atoms with Crippen molar-refractivity contribution in [2.75, 3.05) is 6.26 Å². The largest absolute Gasteiger partial charge is 0.489 e. The van der Waals surface area contributed by atoms with E-state index in [1.165, 1.54) is 0 Å². The van der Waals surface area contributed by atoms with E-state index in [0.717, 1.165) is 24.7 Å². The van der Waals surface area contributed by atoms with Crippen LogP contribution in [0, 0.1) is 0 Å². The number of hydrogen-bond donors (Lipinski definition) is 3. The first-order valence-electron chi connectivity index (χ1n) is 6.55. The normalized spacial score (nSPS) is 26.6. The second-order valence-electron chi connectivity index (χ2n) is 5.29. The lowest BCUT2D eigenvalue weighted by atomic mass is 10.2. The van der Waals surface area contributed by atoms with Crippen LogP contribution in [0.3, 0.4) is 0 Å². The summed E-state index contributed by atoms with van der Waals surface area (Å²) in [6, 6.07) is 7.35. The molecule has 2 rings (SSSR count). The molecule has 5 N–H and O–H groups in total. The Hall–Kier alpha value is -1.15. The van der Waals surface area contributed by atoms with Crippen LogP contribution < -0.4 is 20.9 Å². The highest BCUT2D eigenvalue weighted by Gasteiger charge is 2.31. The van der Waals surface area contributed by atoms with Gasteiger partial charge in [-0.15, -0.1) is 0 Å². The van der Waals surface area contributed by atoms with E-state index < -0.39 is 10.0 Å². The van der Waals surface area contributed by atoms with Crippen molar-refractivity contribution in [3.05, 3.63) is 29.8 Å². The maximum atomic E-state index is 11.1. The molecule has 0 amide bonds. The summed E-state index contributed by atoms with van der Waals surface area (Å²) >= 11 is 0. The lowest BCUT2D eigenvalue weighted by Gasteiger charge is -2.18. The van der Waals surface area contributed by atoms with Gasteiger partial charge in [0.15, 0.2) is 0 Å². The molecule has 1 fully saturated rings. The topological polar surface area (TPSA) is 107 Å². The van der Waals surface area contributed by atoms with E-state index in [-0.39, 0.29) is 24.7 Å². The quantitative estimate of drug-likeness (QED) is 0.705. The Bertz CT molecular complexity index is 562. The molecule has 7 heteroatoms. The molecular weight excluding hydrogens is 278 g/mol. The first-order chi connectivity index (χ1) is 9.33. The summed E-state index contributed by atoms with van der Waals surface area (Å²) in [5, 5.41) is 0. The van der Waals surface area contributed by atoms with Crippen LogP contribution in [0.2, 0.25) is 0 Å². The van der Waals surface area contributed by atoms with Crippen LogP contribution in [-0.2, 0) is 16.6 Å². The van der Waals surface area contributed by atoms with Crippen molar-refractivity contribution in [3.8, 4) is 5.75 Å². The van der Waals surface area contributed by atoms with Crippen LogP contribution >= 0.6 is 0 Å². The molecule has 2 unspecified atom stereocenters. The summed E-state index contributed by atoms with van der Waals surface area (Å²) in [5.74, 6) is 0.687. The molecule has 0 aliphatic heterocycles. The third-order valence-electron chi connectivity index (χ3n) is 3.31. The van der Waals surface area contributed by atoms with Crippen LogP contribution in [0.25, 0.3) is 0 Å². The minimum atomic E-state index is -3.20. The number of hydrogen-bond acceptors (Lipinski definition) is 5. The molecule has 0 radical (unpaired) electrons. The van der Waals surface area contributed by atoms with Gasteiger partial charge < -0.3 is 16.2 Å². The monoisotopic (exact) mass is 299 g/mol. The second kappa shape index (κ2) is 6.09. The molecule has 1 aromatic rings. The zero-order chi connectivity index (χ0) is 14.8. The van der Waals surface area contributed by atoms with Gasteiger partial charge in [0.1, 0.15) is 11.9 Å². The van der Waals surface area contributed by atoms with Crippen LogP contribution in [-0.4, -0.2) is 32.9 Å². The fraction of sp³-hybridized carbons (Fsp3) is 0.538. The first kappa shape index (κ1) is 15.2. The number of nitrogens with one attached hydrogen (secondary N) is 1. The first-order valence-corrected chi connectivity index (χ1v) is 8.44. The van der Waals surface area contributed by atoms with E-state index >= 15 is 0 Å². The van der Waals surface area contributed by atoms with E-state index in [2.05, 4.69) is 4.72 Å². The summed E-state index contributed by atoms with van der Waals surface area (Å²) in [4.78, 5) is 0. The van der Waals surface area contributed by atoms with E-state index in [9.17, 15) is 8.42 Å². The van der Waals surface area contributed by atoms with Gasteiger partial charge in [0.2, 0.25) is 10.0 Å². The maximum Gasteiger partial charge on any atom is 0.209 e. The number of benzene rings is 1. The van der Waals surface area contributed by atoms with Crippen LogP contribution in [0.4, 0.5) is 0 Å². The number of nitrogens with two attached hydrogens (primary N) is 2. The summed E-state index contributed by atoms with van der Waals surface area (Å²) in [6.07, 6.45) is 2.56. The van der Waals surface area contributed by atoms with Gasteiger partial charge in [-0.05, 0) is 24.1 Å². The SMILES string of the molecule is CS(=O)(=O)NCc1cccc(O[C@H]2CC(N)CC2N)c1. The number of sulfonamides is 1. The highest BCUT2D eigenvalue weighted by Crippen LogP contribution is 2.23. The van der Waals surface area contributed by atoms with Gasteiger partial charge in [-0.3, -0.25) is 0 Å². The standard InChI is InChI=1S/C13H21N3O3S/c1-20(17,18)16-8-9-3-2-4-11(5-9)19-13-7-10(14)6-12(13)15/h2-5,10,12-13,16H,6-8,14-15H2,1H3/t10?,12?,13-/m0/s1. The molecule has 0 aromatic heterocycles. The summed E-state index contributed by atoms with van der Waals surface area (Å²) < 4.78 is 30.4. The molecule has 1 aliphatic carbocycles. The molecule has 0 heterocycles. The van der Waals surface area contributed by atoms with E-state index in [1.54, 1.807) is 0 Å². The van der Waals surface area contributed by atoms with Gasteiger partial charge in [-0.25, -0.2) is 13.1 Å². The number of rotatable bonds is 5. The van der Waals surface area contributed by atoms with Crippen LogP contribution in [0.1, 0.15) is 18.4 Å². The lowest BCUT2D eigenvalue weighted by molar-refractivity contribution is 0.190. The van der Waals surface area contributed by atoms with Gasteiger partial charge in [0, 0.05) is 25.0 Å². The zero-order valence-electron chi connectivity index (χ0n) is 11.5. The Morgan fingerprint density at radius 2 is 2.10 bits per heavy atom. The molecule has 1 aromatic carbocycles. The average Bonchev–Trinajstić information content (AvgIpc) is 2.65. The van der Waals surface area contributed by atoms with Crippen molar-refractivity contribution in [2.24, 2.45) is 11.5 Å². The minimum absolute atomic E-state index is 0.0530. The Morgan fingerprint density at radius 3 is 2.70 bits per heavy atom. The van der Waals surface area contributed by atoms with Gasteiger partial charge in [0.05, 0.1) is 6.26 Å². The van der Waals surface area contributed by atoms with E-state index in [4.69, 9.17) is 16.2 Å². The van der Waals surface area contributed by atoms with Gasteiger partial charge in [0.25, 0.3) is 0 Å². The lowest BCUT2D eigenvalue weighted by Crippen LogP contribution is -2.33. The van der Waals surface area contributed by atoms with Crippen molar-refractivity contribution in [1.29, 1.82) is 0 Å². The molecule has 20 heavy (non-hydrogen) atoms. The van der Waals surface area contributed by atoms with Crippen LogP contribution in [0.15, 0.2) is 24.3 Å². The predicted molar refractivity (Wildman–Crippen MR) is 77.7 cm³/mol. The second-order valence-corrected chi connectivity index (χ2v) is 7.13. The highest BCUT2D eigenvalue weighted by molar-refractivity contribution is 7.88. The maximum absolute atomic E-state index is 11.1. The molecule has 112 valence electrons. The average molecular weight is 299 g/mol. The molecular formula is C13H21N3O3S. The fourth-order valence-corrected chi connectivity index (χ4v) is 2.75. The Kier molecular flexibility index (Phi) is 4.64. The van der Waals surface area contributed by atoms with Gasteiger partial charge in [-0.2, -0.15) is 0 Å². The molecule has 0 saturated heterocycles. The minimum Gasteiger partial charge on any atom is -0.489 e. The molecule has 1 saturated carbocycles. The summed E-state index contributed by atoms with van der Waals surface area (Å²) in [5.41, 5.74) is 12.7. The molecule has 3 atom stereocenters. The van der Waals surface area contributed by atoms with Crippen molar-refractivity contribution < 1.29 is 13.2 Å². The zero-order valence-corrected chi connectivity index (χ0v) is 12.3. The molecule has 6 nitrogen and oxygen atoms in total. The van der Waals surface area contributed by atoms with Crippen LogP contribution in [0.5, 0.6) is 5.75 Å². The van der Waals surface area contributed by atoms with E-state index in [0.29, 0.717) is 5.75 Å². The van der Waals surface area contributed by atoms with Gasteiger partial charge >= 0.3 is 0 Å². The highest BCUT2D eigenvalue weighted by atomic mass is 32.2. The Morgan fingerprint density at radius 1 is 1.35 bits per heavy atom. The fourth-order valence-electron chi connectivity index (χ4n) is 2.32. The smallest absolute Gasteiger partial charge is 0.209 e. The molecule has 0 spiro atoms. The van der Waals surface area contributed by atoms with Crippen molar-refractivity contribution in [2.45, 2.75) is 37.6 Å². The Labute approximate surface area is 119 Å². The summed E-state index contributed by atoms with van der Waals surface area (Å²) in [7, 11) is -3.20. The third-order valence-corrected chi connectivity index (χ3v) is 3.98. The van der Waals surface area contributed by atoms with Gasteiger partial charge in [-0.1, -0.05) is 12.1 Å². The van der Waals surface area contributed by atoms with E-state index in [1.807, 2.05) is 24.3 Å². The van der Waals surface area contributed by atoms with Crippen molar-refractivity contribution in [1.82, 2.24) is 4.72 Å². The predicted octanol–water partition coefficient (Wildman–Crippen LogP) is -0.0684. The van der Waals surface area contributed by atoms with Crippen molar-refractivity contribution >= 4 is 10.0 Å².